The van der Waals surface area contributed by atoms with E-state index >= 15 is 0 Å². The first-order valence-electron chi connectivity index (χ1n) is 13.2. The fourth-order valence-corrected chi connectivity index (χ4v) is 4.95. The van der Waals surface area contributed by atoms with Crippen molar-refractivity contribution in [2.45, 2.75) is 38.3 Å². The summed E-state index contributed by atoms with van der Waals surface area (Å²) in [6, 6.07) is 19.9. The minimum atomic E-state index is -0.960. The van der Waals surface area contributed by atoms with E-state index in [-0.39, 0.29) is 24.2 Å². The van der Waals surface area contributed by atoms with Crippen LogP contribution in [0, 0.1) is 12.7 Å². The van der Waals surface area contributed by atoms with E-state index in [0.717, 1.165) is 16.8 Å². The van der Waals surface area contributed by atoms with Gasteiger partial charge >= 0.3 is 5.97 Å². The molecule has 5 rings (SSSR count). The summed E-state index contributed by atoms with van der Waals surface area (Å²) >= 11 is 0. The van der Waals surface area contributed by atoms with Gasteiger partial charge in [-0.05, 0) is 67.4 Å². The predicted molar refractivity (Wildman–Crippen MR) is 147 cm³/mol. The van der Waals surface area contributed by atoms with Crippen molar-refractivity contribution in [2.75, 3.05) is 13.2 Å². The number of carbonyl (C=O) groups excluding carboxylic acids is 1. The third-order valence-corrected chi connectivity index (χ3v) is 7.04. The lowest BCUT2D eigenvalue weighted by molar-refractivity contribution is -0.139. The molecule has 3 aromatic carbocycles. The number of carboxylic acid groups (broad SMARTS) is 1. The molecule has 0 radical (unpaired) electrons. The van der Waals surface area contributed by atoms with Crippen molar-refractivity contribution in [1.82, 2.24) is 15.6 Å². The van der Waals surface area contributed by atoms with Gasteiger partial charge in [-0.15, -0.1) is 0 Å². The van der Waals surface area contributed by atoms with E-state index in [0.29, 0.717) is 54.5 Å². The highest BCUT2D eigenvalue weighted by molar-refractivity contribution is 5.96. The van der Waals surface area contributed by atoms with E-state index in [1.165, 1.54) is 12.1 Å². The number of halogens is 1. The number of carboxylic acids is 1. The topological polar surface area (TPSA) is 114 Å². The standard InChI is InChI=1S/C31H30FN3O5/c1-19-27(35-30(40-19)21-5-3-2-4-6-21)14-16-39-23-11-12-24(25-13-15-33-28(25)31(37)38)26(17-23)29(36)34-18-20-7-9-22(32)10-8-20/h2-12,17,25,28,33H,13-16,18H2,1H3,(H,34,36)(H,37,38)/t25?,28-/m0/s1. The Balaban J connectivity index is 1.32. The van der Waals surface area contributed by atoms with Crippen LogP contribution in [0.25, 0.3) is 11.5 Å². The summed E-state index contributed by atoms with van der Waals surface area (Å²) in [6.45, 7) is 2.91. The molecule has 1 amide bonds. The van der Waals surface area contributed by atoms with Crippen LogP contribution >= 0.6 is 0 Å². The van der Waals surface area contributed by atoms with Crippen molar-refractivity contribution in [3.05, 3.63) is 107 Å². The van der Waals surface area contributed by atoms with Crippen LogP contribution in [0.4, 0.5) is 4.39 Å². The number of aromatic nitrogens is 1. The summed E-state index contributed by atoms with van der Waals surface area (Å²) in [5, 5.41) is 15.6. The molecule has 0 saturated carbocycles. The number of oxazole rings is 1. The van der Waals surface area contributed by atoms with E-state index in [1.807, 2.05) is 37.3 Å². The van der Waals surface area contributed by atoms with E-state index in [4.69, 9.17) is 9.15 Å². The Kier molecular flexibility index (Phi) is 8.21. The summed E-state index contributed by atoms with van der Waals surface area (Å²) in [7, 11) is 0. The molecule has 0 aliphatic carbocycles. The van der Waals surface area contributed by atoms with Gasteiger partial charge in [0.2, 0.25) is 5.89 Å². The number of rotatable bonds is 10. The molecule has 1 aliphatic rings. The van der Waals surface area contributed by atoms with E-state index in [1.54, 1.807) is 30.3 Å². The zero-order chi connectivity index (χ0) is 28.1. The van der Waals surface area contributed by atoms with Crippen LogP contribution in [-0.2, 0) is 17.8 Å². The van der Waals surface area contributed by atoms with Crippen LogP contribution in [0.5, 0.6) is 5.75 Å². The molecule has 2 atom stereocenters. The zero-order valence-corrected chi connectivity index (χ0v) is 22.0. The van der Waals surface area contributed by atoms with Gasteiger partial charge in [0.05, 0.1) is 12.3 Å². The number of hydrogen-bond donors (Lipinski definition) is 3. The molecule has 206 valence electrons. The van der Waals surface area contributed by atoms with Crippen molar-refractivity contribution in [2.24, 2.45) is 0 Å². The van der Waals surface area contributed by atoms with Gasteiger partial charge in [0.25, 0.3) is 5.91 Å². The van der Waals surface area contributed by atoms with E-state index in [2.05, 4.69) is 15.6 Å². The number of hydrogen-bond acceptors (Lipinski definition) is 6. The van der Waals surface area contributed by atoms with Crippen LogP contribution in [0.15, 0.2) is 77.2 Å². The minimum absolute atomic E-state index is 0.199. The number of ether oxygens (including phenoxy) is 1. The first-order chi connectivity index (χ1) is 19.4. The zero-order valence-electron chi connectivity index (χ0n) is 22.0. The molecule has 2 heterocycles. The Bertz CT molecular complexity index is 1490. The van der Waals surface area contributed by atoms with Gasteiger partial charge in [-0.2, -0.15) is 0 Å². The van der Waals surface area contributed by atoms with Gasteiger partial charge < -0.3 is 24.9 Å². The summed E-state index contributed by atoms with van der Waals surface area (Å²) < 4.78 is 25.1. The average molecular weight is 544 g/mol. The number of nitrogens with one attached hydrogen (secondary N) is 2. The third-order valence-electron chi connectivity index (χ3n) is 7.04. The molecule has 4 aromatic rings. The first-order valence-corrected chi connectivity index (χ1v) is 13.2. The minimum Gasteiger partial charge on any atom is -0.493 e. The van der Waals surface area contributed by atoms with Gasteiger partial charge in [0.1, 0.15) is 23.4 Å². The van der Waals surface area contributed by atoms with Gasteiger partial charge in [-0.25, -0.2) is 9.37 Å². The van der Waals surface area contributed by atoms with Crippen LogP contribution in [-0.4, -0.2) is 41.2 Å². The number of benzene rings is 3. The molecule has 1 saturated heterocycles. The van der Waals surface area contributed by atoms with Gasteiger partial charge in [0.15, 0.2) is 0 Å². The quantitative estimate of drug-likeness (QED) is 0.262. The molecule has 0 spiro atoms. The van der Waals surface area contributed by atoms with Crippen LogP contribution in [0.3, 0.4) is 0 Å². The lowest BCUT2D eigenvalue weighted by atomic mass is 9.88. The number of carbonyl (C=O) groups is 2. The Morgan fingerprint density at radius 1 is 1.12 bits per heavy atom. The molecule has 1 unspecified atom stereocenters. The van der Waals surface area contributed by atoms with E-state index < -0.39 is 12.0 Å². The van der Waals surface area contributed by atoms with Crippen molar-refractivity contribution < 1.29 is 28.2 Å². The van der Waals surface area contributed by atoms with Crippen LogP contribution in [0.1, 0.15) is 45.3 Å². The molecule has 3 N–H and O–H groups in total. The molecular weight excluding hydrogens is 513 g/mol. The highest BCUT2D eigenvalue weighted by atomic mass is 19.1. The first kappa shape index (κ1) is 27.1. The lowest BCUT2D eigenvalue weighted by Gasteiger charge is -2.20. The maximum Gasteiger partial charge on any atom is 0.321 e. The van der Waals surface area contributed by atoms with E-state index in [9.17, 15) is 19.1 Å². The van der Waals surface area contributed by atoms with Crippen LogP contribution in [0.2, 0.25) is 0 Å². The molecule has 8 nitrogen and oxygen atoms in total. The summed E-state index contributed by atoms with van der Waals surface area (Å²) in [5.41, 5.74) is 3.41. The van der Waals surface area contributed by atoms with Crippen molar-refractivity contribution in [3.63, 3.8) is 0 Å². The molecule has 1 fully saturated rings. The maximum atomic E-state index is 13.3. The monoisotopic (exact) mass is 543 g/mol. The Labute approximate surface area is 231 Å². The highest BCUT2D eigenvalue weighted by Crippen LogP contribution is 2.33. The Hall–Kier alpha value is -4.50. The second-order valence-corrected chi connectivity index (χ2v) is 9.71. The second kappa shape index (κ2) is 12.1. The molecule has 0 bridgehead atoms. The molecule has 1 aromatic heterocycles. The smallest absolute Gasteiger partial charge is 0.321 e. The highest BCUT2D eigenvalue weighted by Gasteiger charge is 2.36. The average Bonchev–Trinajstić information content (AvgIpc) is 3.60. The maximum absolute atomic E-state index is 13.3. The predicted octanol–water partition coefficient (Wildman–Crippen LogP) is 4.87. The number of aryl methyl sites for hydroxylation is 1. The normalized spacial score (nSPS) is 16.6. The van der Waals surface area contributed by atoms with Crippen molar-refractivity contribution >= 4 is 11.9 Å². The fraction of sp³-hybridized carbons (Fsp3) is 0.258. The Morgan fingerprint density at radius 2 is 1.90 bits per heavy atom. The number of amides is 1. The molecule has 40 heavy (non-hydrogen) atoms. The third kappa shape index (κ3) is 6.21. The van der Waals surface area contributed by atoms with Gasteiger partial charge in [-0.3, -0.25) is 9.59 Å². The summed E-state index contributed by atoms with van der Waals surface area (Å²) in [4.78, 5) is 29.8. The number of aliphatic carboxylic acids is 1. The molecule has 9 heteroatoms. The largest absolute Gasteiger partial charge is 0.493 e. The summed E-state index contributed by atoms with van der Waals surface area (Å²) in [6.07, 6.45) is 1.09. The Morgan fingerprint density at radius 3 is 2.65 bits per heavy atom. The summed E-state index contributed by atoms with van der Waals surface area (Å²) in [5.74, 6) is -0.292. The molecule has 1 aliphatic heterocycles. The SMILES string of the molecule is Cc1oc(-c2ccccc2)nc1CCOc1ccc(C2CCN[C@@H]2C(=O)O)c(C(=O)NCc2ccc(F)cc2)c1. The van der Waals surface area contributed by atoms with Crippen molar-refractivity contribution in [1.29, 1.82) is 0 Å². The van der Waals surface area contributed by atoms with Gasteiger partial charge in [-0.1, -0.05) is 36.4 Å². The van der Waals surface area contributed by atoms with Gasteiger partial charge in [0, 0.05) is 30.0 Å². The van der Waals surface area contributed by atoms with Crippen molar-refractivity contribution in [3.8, 4) is 17.2 Å². The number of nitrogens with zero attached hydrogens (tertiary/aromatic N) is 1. The molecular formula is C31H30FN3O5. The fourth-order valence-electron chi connectivity index (χ4n) is 4.95. The second-order valence-electron chi connectivity index (χ2n) is 9.71. The van der Waals surface area contributed by atoms with Crippen LogP contribution < -0.4 is 15.4 Å². The lowest BCUT2D eigenvalue weighted by Crippen LogP contribution is -2.35.